The van der Waals surface area contributed by atoms with E-state index in [1.165, 1.54) is 13.8 Å². The number of fused-ring (bicyclic) bond motifs is 4. The molecule has 5 rings (SSSR count). The molecule has 3 aromatic rings. The Morgan fingerprint density at radius 3 is 2.48 bits per heavy atom. The van der Waals surface area contributed by atoms with Crippen LogP contribution in [0.4, 0.5) is 0 Å². The quantitative estimate of drug-likeness (QED) is 0.478. The zero-order valence-corrected chi connectivity index (χ0v) is 19.6. The second kappa shape index (κ2) is 6.85. The predicted octanol–water partition coefficient (Wildman–Crippen LogP) is 5.30. The molecule has 9 heteroatoms. The molecule has 0 saturated heterocycles. The SMILES string of the molecule is CC(=O)c1c(O)c(C)c(O)c2c1OC1=Cc3c(c(C)nn3-c3ccc(Cl)c(Cl)c3)C(=O)[C@]12C. The molecule has 0 radical (unpaired) electrons. The van der Waals surface area contributed by atoms with Gasteiger partial charge in [0.15, 0.2) is 11.6 Å². The molecule has 0 unspecified atom stereocenters. The number of ether oxygens (including phenoxy) is 1. The first-order valence-electron chi connectivity index (χ1n) is 10.1. The first-order chi connectivity index (χ1) is 15.5. The Morgan fingerprint density at radius 1 is 1.15 bits per heavy atom. The van der Waals surface area contributed by atoms with Crippen LogP contribution in [0.15, 0.2) is 24.0 Å². The monoisotopic (exact) mass is 484 g/mol. The van der Waals surface area contributed by atoms with Crippen molar-refractivity contribution in [3.8, 4) is 22.9 Å². The van der Waals surface area contributed by atoms with Crippen molar-refractivity contribution in [2.75, 3.05) is 0 Å². The number of aromatic hydroxyl groups is 2. The third-order valence-corrected chi connectivity index (χ3v) is 7.13. The van der Waals surface area contributed by atoms with Gasteiger partial charge in [-0.2, -0.15) is 5.10 Å². The number of allylic oxidation sites excluding steroid dienone is 1. The van der Waals surface area contributed by atoms with Gasteiger partial charge in [-0.25, -0.2) is 4.68 Å². The topological polar surface area (TPSA) is 102 Å². The van der Waals surface area contributed by atoms with Crippen molar-refractivity contribution in [3.63, 3.8) is 0 Å². The lowest BCUT2D eigenvalue weighted by atomic mass is 9.71. The molecular weight excluding hydrogens is 467 g/mol. The predicted molar refractivity (Wildman–Crippen MR) is 123 cm³/mol. The van der Waals surface area contributed by atoms with Gasteiger partial charge in [-0.15, -0.1) is 0 Å². The van der Waals surface area contributed by atoms with Crippen LogP contribution in [-0.2, 0) is 5.41 Å². The van der Waals surface area contributed by atoms with Crippen molar-refractivity contribution in [2.24, 2.45) is 0 Å². The summed E-state index contributed by atoms with van der Waals surface area (Å²) >= 11 is 12.2. The number of phenolic OH excluding ortho intramolecular Hbond substituents is 2. The Kier molecular flexibility index (Phi) is 4.48. The average Bonchev–Trinajstić information content (AvgIpc) is 3.23. The largest absolute Gasteiger partial charge is 0.507 e. The molecule has 2 N–H and O–H groups in total. The molecule has 1 aromatic heterocycles. The zero-order valence-electron chi connectivity index (χ0n) is 18.1. The van der Waals surface area contributed by atoms with Gasteiger partial charge in [0, 0.05) is 11.6 Å². The Hall–Kier alpha value is -3.29. The third kappa shape index (κ3) is 2.66. The van der Waals surface area contributed by atoms with Crippen molar-refractivity contribution in [2.45, 2.75) is 33.1 Å². The molecule has 0 amide bonds. The van der Waals surface area contributed by atoms with Crippen LogP contribution in [0.1, 0.15) is 57.1 Å². The summed E-state index contributed by atoms with van der Waals surface area (Å²) in [6.07, 6.45) is 1.66. The van der Waals surface area contributed by atoms with Gasteiger partial charge >= 0.3 is 0 Å². The van der Waals surface area contributed by atoms with Crippen LogP contribution in [-0.4, -0.2) is 31.6 Å². The summed E-state index contributed by atoms with van der Waals surface area (Å²) in [5.74, 6) is -1.24. The summed E-state index contributed by atoms with van der Waals surface area (Å²) in [4.78, 5) is 26.3. The molecule has 0 fully saturated rings. The second-order valence-electron chi connectivity index (χ2n) is 8.38. The van der Waals surface area contributed by atoms with E-state index in [4.69, 9.17) is 27.9 Å². The summed E-state index contributed by atoms with van der Waals surface area (Å²) in [5, 5.41) is 26.7. The summed E-state index contributed by atoms with van der Waals surface area (Å²) in [7, 11) is 0. The van der Waals surface area contributed by atoms with Crippen molar-refractivity contribution in [1.82, 2.24) is 9.78 Å². The normalized spacial score (nSPS) is 18.4. The molecule has 0 saturated carbocycles. The minimum absolute atomic E-state index is 0.0120. The molecule has 0 spiro atoms. The van der Waals surface area contributed by atoms with Crippen LogP contribution < -0.4 is 4.74 Å². The van der Waals surface area contributed by atoms with Gasteiger partial charge in [-0.1, -0.05) is 23.2 Å². The highest BCUT2D eigenvalue weighted by atomic mass is 35.5. The van der Waals surface area contributed by atoms with Gasteiger partial charge in [-0.05, 0) is 45.9 Å². The number of hydrogen-bond acceptors (Lipinski definition) is 6. The molecule has 168 valence electrons. The van der Waals surface area contributed by atoms with Gasteiger partial charge in [0.2, 0.25) is 0 Å². The molecule has 2 heterocycles. The van der Waals surface area contributed by atoms with Crippen molar-refractivity contribution in [3.05, 3.63) is 67.6 Å². The number of Topliss-reactive ketones (excluding diaryl/α,β-unsaturated/α-hetero) is 2. The Bertz CT molecular complexity index is 1470. The van der Waals surface area contributed by atoms with E-state index in [-0.39, 0.29) is 45.5 Å². The number of phenols is 2. The lowest BCUT2D eigenvalue weighted by molar-refractivity contribution is 0.0905. The number of rotatable bonds is 2. The van der Waals surface area contributed by atoms with E-state index in [1.54, 1.807) is 42.8 Å². The minimum atomic E-state index is -1.40. The molecule has 7 nitrogen and oxygen atoms in total. The first-order valence-corrected chi connectivity index (χ1v) is 10.8. The maximum Gasteiger partial charge on any atom is 0.185 e. The van der Waals surface area contributed by atoms with E-state index in [1.807, 2.05) is 0 Å². The van der Waals surface area contributed by atoms with E-state index in [9.17, 15) is 19.8 Å². The Morgan fingerprint density at radius 2 is 1.85 bits per heavy atom. The number of aromatic nitrogens is 2. The number of nitrogens with zero attached hydrogens (tertiary/aromatic N) is 2. The summed E-state index contributed by atoms with van der Waals surface area (Å²) in [6, 6.07) is 5.00. The summed E-state index contributed by atoms with van der Waals surface area (Å²) in [6.45, 7) is 6.12. The van der Waals surface area contributed by atoms with Gasteiger partial charge in [0.1, 0.15) is 34.0 Å². The number of carbonyl (C=O) groups excluding carboxylic acids is 2. The maximum atomic E-state index is 13.9. The lowest BCUT2D eigenvalue weighted by Gasteiger charge is -2.27. The third-order valence-electron chi connectivity index (χ3n) is 6.39. The smallest absolute Gasteiger partial charge is 0.185 e. The van der Waals surface area contributed by atoms with Crippen molar-refractivity contribution >= 4 is 40.8 Å². The molecule has 2 aromatic carbocycles. The number of hydrogen-bond donors (Lipinski definition) is 2. The number of carbonyl (C=O) groups is 2. The zero-order chi connectivity index (χ0) is 24.0. The number of halogens is 2. The number of benzene rings is 2. The molecule has 0 bridgehead atoms. The molecule has 1 atom stereocenters. The van der Waals surface area contributed by atoms with Crippen LogP contribution in [0, 0.1) is 13.8 Å². The van der Waals surface area contributed by atoms with Gasteiger partial charge < -0.3 is 14.9 Å². The first kappa shape index (κ1) is 21.6. The van der Waals surface area contributed by atoms with E-state index in [0.29, 0.717) is 32.7 Å². The number of aryl methyl sites for hydroxylation is 1. The van der Waals surface area contributed by atoms with Crippen molar-refractivity contribution < 1.29 is 24.5 Å². The Balaban J connectivity index is 1.79. The fourth-order valence-electron chi connectivity index (χ4n) is 4.60. The minimum Gasteiger partial charge on any atom is -0.507 e. The highest BCUT2D eigenvalue weighted by Crippen LogP contribution is 2.58. The maximum absolute atomic E-state index is 13.9. The van der Waals surface area contributed by atoms with Crippen LogP contribution in [0.5, 0.6) is 17.2 Å². The average molecular weight is 485 g/mol. The van der Waals surface area contributed by atoms with Crippen molar-refractivity contribution in [1.29, 1.82) is 0 Å². The molecule has 1 aliphatic heterocycles. The molecule has 2 aliphatic rings. The second-order valence-corrected chi connectivity index (χ2v) is 9.19. The van der Waals surface area contributed by atoms with Crippen LogP contribution in [0.25, 0.3) is 11.8 Å². The van der Waals surface area contributed by atoms with Gasteiger partial charge in [0.05, 0.1) is 38.2 Å². The van der Waals surface area contributed by atoms with E-state index in [2.05, 4.69) is 5.10 Å². The molecule has 33 heavy (non-hydrogen) atoms. The summed E-state index contributed by atoms with van der Waals surface area (Å²) < 4.78 is 7.57. The fraction of sp³-hybridized carbons (Fsp3) is 0.208. The Labute approximate surface area is 198 Å². The number of ketones is 2. The highest BCUT2D eigenvalue weighted by molar-refractivity contribution is 6.42. The van der Waals surface area contributed by atoms with Gasteiger partial charge in [-0.3, -0.25) is 9.59 Å². The highest BCUT2D eigenvalue weighted by Gasteiger charge is 2.55. The standard InChI is InChI=1S/C24H18Cl2N2O5/c1-9-20(30)18(11(3)29)22-19(21(9)31)24(4)16(33-22)8-15-17(23(24)32)10(2)27-28(15)12-5-6-13(25)14(26)7-12/h5-8,30-31H,1-4H3/t24-/m1/s1. The van der Waals surface area contributed by atoms with E-state index >= 15 is 0 Å². The molecule has 1 aliphatic carbocycles. The summed E-state index contributed by atoms with van der Waals surface area (Å²) in [5.41, 5.74) is 0.700. The molecular formula is C24H18Cl2N2O5. The van der Waals surface area contributed by atoms with Gasteiger partial charge in [0.25, 0.3) is 0 Å². The van der Waals surface area contributed by atoms with Crippen LogP contribution in [0.3, 0.4) is 0 Å². The van der Waals surface area contributed by atoms with E-state index in [0.717, 1.165) is 0 Å². The lowest BCUT2D eigenvalue weighted by Crippen LogP contribution is -2.36. The fourth-order valence-corrected chi connectivity index (χ4v) is 4.89. The van der Waals surface area contributed by atoms with Crippen LogP contribution >= 0.6 is 23.2 Å². The van der Waals surface area contributed by atoms with E-state index < -0.39 is 11.2 Å². The van der Waals surface area contributed by atoms with Crippen LogP contribution in [0.2, 0.25) is 10.0 Å².